The SMILES string of the molecule is CCC1CN(c2ccncc2N)C1. The average molecular weight is 177 g/mol. The first-order chi connectivity index (χ1) is 6.31. The van der Waals surface area contributed by atoms with Crippen molar-refractivity contribution < 1.29 is 0 Å². The van der Waals surface area contributed by atoms with Crippen LogP contribution in [0.4, 0.5) is 11.4 Å². The Bertz CT molecular complexity index is 292. The van der Waals surface area contributed by atoms with Gasteiger partial charge in [0.1, 0.15) is 0 Å². The van der Waals surface area contributed by atoms with E-state index in [1.807, 2.05) is 6.07 Å². The van der Waals surface area contributed by atoms with Crippen molar-refractivity contribution in [3.05, 3.63) is 18.5 Å². The molecule has 0 atom stereocenters. The average Bonchev–Trinajstić information content (AvgIpc) is 2.06. The molecule has 1 aliphatic heterocycles. The third kappa shape index (κ3) is 1.46. The van der Waals surface area contributed by atoms with Gasteiger partial charge in [0.15, 0.2) is 0 Å². The molecule has 0 amide bonds. The van der Waals surface area contributed by atoms with Crippen molar-refractivity contribution in [1.29, 1.82) is 0 Å². The molecular weight excluding hydrogens is 162 g/mol. The van der Waals surface area contributed by atoms with Crippen LogP contribution in [0.2, 0.25) is 0 Å². The van der Waals surface area contributed by atoms with Crippen LogP contribution in [-0.2, 0) is 0 Å². The number of nitrogen functional groups attached to an aromatic ring is 1. The molecule has 3 heteroatoms. The predicted molar refractivity (Wildman–Crippen MR) is 54.6 cm³/mol. The topological polar surface area (TPSA) is 42.2 Å². The van der Waals surface area contributed by atoms with Gasteiger partial charge in [-0.3, -0.25) is 4.98 Å². The fourth-order valence-corrected chi connectivity index (χ4v) is 1.71. The number of nitrogens with two attached hydrogens (primary N) is 1. The minimum Gasteiger partial charge on any atom is -0.396 e. The summed E-state index contributed by atoms with van der Waals surface area (Å²) in [5, 5.41) is 0. The maximum absolute atomic E-state index is 5.81. The van der Waals surface area contributed by atoms with Crippen molar-refractivity contribution in [1.82, 2.24) is 4.98 Å². The fraction of sp³-hybridized carbons (Fsp3) is 0.500. The second-order valence-electron chi connectivity index (χ2n) is 3.61. The third-order valence-corrected chi connectivity index (χ3v) is 2.70. The fourth-order valence-electron chi connectivity index (χ4n) is 1.71. The van der Waals surface area contributed by atoms with E-state index >= 15 is 0 Å². The van der Waals surface area contributed by atoms with Gasteiger partial charge in [0, 0.05) is 19.3 Å². The molecule has 70 valence electrons. The summed E-state index contributed by atoms with van der Waals surface area (Å²) >= 11 is 0. The first-order valence-corrected chi connectivity index (χ1v) is 4.75. The summed E-state index contributed by atoms with van der Waals surface area (Å²) in [6, 6.07) is 1.99. The summed E-state index contributed by atoms with van der Waals surface area (Å²) in [7, 11) is 0. The van der Waals surface area contributed by atoms with E-state index in [2.05, 4.69) is 16.8 Å². The molecule has 0 aliphatic carbocycles. The minimum atomic E-state index is 0.789. The monoisotopic (exact) mass is 177 g/mol. The maximum Gasteiger partial charge on any atom is 0.0738 e. The van der Waals surface area contributed by atoms with E-state index in [0.29, 0.717) is 0 Å². The molecule has 0 radical (unpaired) electrons. The van der Waals surface area contributed by atoms with Crippen LogP contribution in [0.15, 0.2) is 18.5 Å². The van der Waals surface area contributed by atoms with E-state index in [9.17, 15) is 0 Å². The molecular formula is C10H15N3. The summed E-state index contributed by atoms with van der Waals surface area (Å²) in [6.07, 6.45) is 4.78. The van der Waals surface area contributed by atoms with Gasteiger partial charge >= 0.3 is 0 Å². The molecule has 1 aromatic rings. The standard InChI is InChI=1S/C10H15N3/c1-2-8-6-13(7-8)10-3-4-12-5-9(10)11/h3-5,8H,2,6-7,11H2,1H3. The highest BCUT2D eigenvalue weighted by Gasteiger charge is 2.25. The normalized spacial score (nSPS) is 17.2. The lowest BCUT2D eigenvalue weighted by Gasteiger charge is -2.41. The molecule has 0 saturated carbocycles. The third-order valence-electron chi connectivity index (χ3n) is 2.70. The molecule has 2 heterocycles. The Hall–Kier alpha value is -1.25. The molecule has 2 rings (SSSR count). The van der Waals surface area contributed by atoms with Gasteiger partial charge in [-0.1, -0.05) is 6.92 Å². The summed E-state index contributed by atoms with van der Waals surface area (Å²) < 4.78 is 0. The Morgan fingerprint density at radius 2 is 2.38 bits per heavy atom. The van der Waals surface area contributed by atoms with Crippen molar-refractivity contribution in [2.45, 2.75) is 13.3 Å². The Labute approximate surface area is 78.6 Å². The molecule has 1 saturated heterocycles. The highest BCUT2D eigenvalue weighted by molar-refractivity contribution is 5.67. The summed E-state index contributed by atoms with van der Waals surface area (Å²) in [5.41, 5.74) is 7.74. The van der Waals surface area contributed by atoms with Gasteiger partial charge in [0.25, 0.3) is 0 Å². The Morgan fingerprint density at radius 3 is 3.00 bits per heavy atom. The second kappa shape index (κ2) is 3.24. The van der Waals surface area contributed by atoms with Crippen LogP contribution in [0, 0.1) is 5.92 Å². The number of rotatable bonds is 2. The number of pyridine rings is 1. The van der Waals surface area contributed by atoms with Crippen molar-refractivity contribution in [3.8, 4) is 0 Å². The largest absolute Gasteiger partial charge is 0.396 e. The molecule has 0 bridgehead atoms. The van der Waals surface area contributed by atoms with Crippen molar-refractivity contribution in [2.24, 2.45) is 5.92 Å². The van der Waals surface area contributed by atoms with Gasteiger partial charge in [-0.25, -0.2) is 0 Å². The zero-order chi connectivity index (χ0) is 9.26. The highest BCUT2D eigenvalue weighted by Crippen LogP contribution is 2.29. The molecule has 1 aliphatic rings. The van der Waals surface area contributed by atoms with E-state index in [4.69, 9.17) is 5.73 Å². The molecule has 13 heavy (non-hydrogen) atoms. The molecule has 2 N–H and O–H groups in total. The number of nitrogens with zero attached hydrogens (tertiary/aromatic N) is 2. The summed E-state index contributed by atoms with van der Waals surface area (Å²) in [4.78, 5) is 6.28. The van der Waals surface area contributed by atoms with Crippen molar-refractivity contribution in [2.75, 3.05) is 23.7 Å². The van der Waals surface area contributed by atoms with Gasteiger partial charge in [0.05, 0.1) is 17.6 Å². The maximum atomic E-state index is 5.81. The van der Waals surface area contributed by atoms with E-state index in [1.165, 1.54) is 6.42 Å². The Morgan fingerprint density at radius 1 is 1.62 bits per heavy atom. The smallest absolute Gasteiger partial charge is 0.0738 e. The van der Waals surface area contributed by atoms with Crippen LogP contribution in [0.3, 0.4) is 0 Å². The zero-order valence-corrected chi connectivity index (χ0v) is 7.90. The van der Waals surface area contributed by atoms with Gasteiger partial charge in [-0.15, -0.1) is 0 Å². The van der Waals surface area contributed by atoms with Crippen molar-refractivity contribution in [3.63, 3.8) is 0 Å². The number of anilines is 2. The molecule has 3 nitrogen and oxygen atoms in total. The van der Waals surface area contributed by atoms with Crippen LogP contribution in [0.25, 0.3) is 0 Å². The molecule has 0 aromatic carbocycles. The van der Waals surface area contributed by atoms with Crippen molar-refractivity contribution >= 4 is 11.4 Å². The summed E-state index contributed by atoms with van der Waals surface area (Å²) in [5.74, 6) is 0.854. The van der Waals surface area contributed by atoms with Crippen LogP contribution < -0.4 is 10.6 Å². The van der Waals surface area contributed by atoms with Gasteiger partial charge in [0.2, 0.25) is 0 Å². The number of hydrogen-bond donors (Lipinski definition) is 1. The second-order valence-corrected chi connectivity index (χ2v) is 3.61. The lowest BCUT2D eigenvalue weighted by atomic mass is 9.96. The van der Waals surface area contributed by atoms with Crippen LogP contribution in [0.5, 0.6) is 0 Å². The van der Waals surface area contributed by atoms with Gasteiger partial charge < -0.3 is 10.6 Å². The molecule has 1 aromatic heterocycles. The summed E-state index contributed by atoms with van der Waals surface area (Å²) in [6.45, 7) is 4.52. The van der Waals surface area contributed by atoms with E-state index in [1.54, 1.807) is 12.4 Å². The van der Waals surface area contributed by atoms with Gasteiger partial charge in [-0.05, 0) is 18.4 Å². The molecule has 0 unspecified atom stereocenters. The molecule has 0 spiro atoms. The van der Waals surface area contributed by atoms with Crippen LogP contribution in [0.1, 0.15) is 13.3 Å². The number of aromatic nitrogens is 1. The predicted octanol–water partition coefficient (Wildman–Crippen LogP) is 1.51. The highest BCUT2D eigenvalue weighted by atomic mass is 15.2. The number of hydrogen-bond acceptors (Lipinski definition) is 3. The van der Waals surface area contributed by atoms with E-state index in [-0.39, 0.29) is 0 Å². The molecule has 1 fully saturated rings. The Kier molecular flexibility index (Phi) is 2.08. The first kappa shape index (κ1) is 8.35. The quantitative estimate of drug-likeness (QED) is 0.744. The zero-order valence-electron chi connectivity index (χ0n) is 7.90. The van der Waals surface area contributed by atoms with Gasteiger partial charge in [-0.2, -0.15) is 0 Å². The van der Waals surface area contributed by atoms with E-state index in [0.717, 1.165) is 30.4 Å². The van der Waals surface area contributed by atoms with E-state index < -0.39 is 0 Å². The minimum absolute atomic E-state index is 0.789. The van der Waals surface area contributed by atoms with Crippen LogP contribution >= 0.6 is 0 Å². The lowest BCUT2D eigenvalue weighted by Crippen LogP contribution is -2.46. The first-order valence-electron chi connectivity index (χ1n) is 4.75. The Balaban J connectivity index is 2.07. The van der Waals surface area contributed by atoms with Crippen LogP contribution in [-0.4, -0.2) is 18.1 Å². The lowest BCUT2D eigenvalue weighted by molar-refractivity contribution is 0.399.